The molecule has 0 saturated heterocycles. The molecular formula is C28H36N2O6S. The lowest BCUT2D eigenvalue weighted by Gasteiger charge is -2.46. The lowest BCUT2D eigenvalue weighted by atomic mass is 9.60. The number of aliphatic hydroxyl groups excluding tert-OH is 1. The van der Waals surface area contributed by atoms with Crippen LogP contribution in [-0.2, 0) is 15.4 Å². The number of hydrogen-bond donors (Lipinski definition) is 4. The number of aromatic hydroxyl groups is 1. The van der Waals surface area contributed by atoms with Crippen molar-refractivity contribution in [2.24, 2.45) is 11.7 Å². The summed E-state index contributed by atoms with van der Waals surface area (Å²) < 4.78 is 36.6. The first kappa shape index (κ1) is 28.3. The van der Waals surface area contributed by atoms with E-state index < -0.39 is 27.6 Å². The van der Waals surface area contributed by atoms with Gasteiger partial charge >= 0.3 is 0 Å². The normalized spacial score (nSPS) is 14.5. The number of benzene rings is 3. The van der Waals surface area contributed by atoms with Gasteiger partial charge in [0.15, 0.2) is 0 Å². The van der Waals surface area contributed by atoms with Crippen molar-refractivity contribution < 1.29 is 28.1 Å². The van der Waals surface area contributed by atoms with Crippen molar-refractivity contribution in [1.29, 1.82) is 0 Å². The second kappa shape index (κ2) is 11.4. The molecule has 3 rings (SSSR count). The number of phenolic OH excluding ortho intramolecular Hbond substituents is 1. The topological polar surface area (TPSA) is 131 Å². The van der Waals surface area contributed by atoms with E-state index in [2.05, 4.69) is 18.6 Å². The van der Waals surface area contributed by atoms with E-state index >= 15 is 0 Å². The molecule has 3 unspecified atom stereocenters. The van der Waals surface area contributed by atoms with Gasteiger partial charge in [0.25, 0.3) is 0 Å². The van der Waals surface area contributed by atoms with Crippen LogP contribution in [0.25, 0.3) is 0 Å². The minimum Gasteiger partial charge on any atom is -0.506 e. The first-order valence-corrected chi connectivity index (χ1v) is 13.9. The van der Waals surface area contributed by atoms with Gasteiger partial charge in [0.2, 0.25) is 10.0 Å². The van der Waals surface area contributed by atoms with Crippen molar-refractivity contribution in [3.63, 3.8) is 0 Å². The highest BCUT2D eigenvalue weighted by Gasteiger charge is 2.48. The van der Waals surface area contributed by atoms with E-state index in [-0.39, 0.29) is 17.4 Å². The molecule has 0 fully saturated rings. The molecule has 3 aromatic carbocycles. The zero-order valence-electron chi connectivity index (χ0n) is 21.8. The van der Waals surface area contributed by atoms with Crippen molar-refractivity contribution in [2.75, 3.05) is 25.2 Å². The number of hydrogen-bond acceptors (Lipinski definition) is 7. The van der Waals surface area contributed by atoms with Crippen LogP contribution in [0.3, 0.4) is 0 Å². The monoisotopic (exact) mass is 528 g/mol. The highest BCUT2D eigenvalue weighted by molar-refractivity contribution is 7.92. The van der Waals surface area contributed by atoms with Crippen LogP contribution in [0.5, 0.6) is 17.2 Å². The Kier molecular flexibility index (Phi) is 8.73. The van der Waals surface area contributed by atoms with Gasteiger partial charge in [-0.2, -0.15) is 0 Å². The molecule has 0 aromatic heterocycles. The summed E-state index contributed by atoms with van der Waals surface area (Å²) in [6.07, 6.45) is 0.591. The van der Waals surface area contributed by atoms with Gasteiger partial charge in [-0.3, -0.25) is 4.72 Å². The summed E-state index contributed by atoms with van der Waals surface area (Å²) in [7, 11) is -0.454. The Labute approximate surface area is 219 Å². The molecule has 0 saturated carbocycles. The Hall–Kier alpha value is -3.27. The number of nitrogens with two attached hydrogens (primary N) is 1. The van der Waals surface area contributed by atoms with Crippen LogP contribution in [0.1, 0.15) is 43.0 Å². The molecule has 0 aliphatic heterocycles. The van der Waals surface area contributed by atoms with Crippen LogP contribution in [0, 0.1) is 5.92 Å². The summed E-state index contributed by atoms with van der Waals surface area (Å²) in [6, 6.07) is 18.6. The molecule has 0 radical (unpaired) electrons. The molecule has 3 atom stereocenters. The van der Waals surface area contributed by atoms with Crippen LogP contribution >= 0.6 is 0 Å². The summed E-state index contributed by atoms with van der Waals surface area (Å²) in [5, 5.41) is 22.4. The fourth-order valence-electron chi connectivity index (χ4n) is 4.93. The van der Waals surface area contributed by atoms with Crippen LogP contribution in [-0.4, -0.2) is 45.2 Å². The number of rotatable bonds is 11. The van der Waals surface area contributed by atoms with E-state index in [9.17, 15) is 18.6 Å². The van der Waals surface area contributed by atoms with Crippen LogP contribution < -0.4 is 19.9 Å². The zero-order valence-corrected chi connectivity index (χ0v) is 22.6. The van der Waals surface area contributed by atoms with Gasteiger partial charge in [-0.15, -0.1) is 0 Å². The van der Waals surface area contributed by atoms with Crippen molar-refractivity contribution in [2.45, 2.75) is 37.8 Å². The number of ether oxygens (including phenoxy) is 2. The maximum absolute atomic E-state index is 12.1. The van der Waals surface area contributed by atoms with Crippen molar-refractivity contribution in [1.82, 2.24) is 0 Å². The quantitative estimate of drug-likeness (QED) is 0.275. The third-order valence-corrected chi connectivity index (χ3v) is 7.62. The first-order chi connectivity index (χ1) is 17.5. The molecular weight excluding hydrogens is 492 g/mol. The molecule has 0 heterocycles. The summed E-state index contributed by atoms with van der Waals surface area (Å²) in [6.45, 7) is 4.12. The van der Waals surface area contributed by atoms with Crippen LogP contribution in [0.2, 0.25) is 0 Å². The maximum Gasteiger partial charge on any atom is 0.229 e. The predicted octanol–water partition coefficient (Wildman–Crippen LogP) is 4.17. The molecule has 37 heavy (non-hydrogen) atoms. The molecule has 3 aromatic rings. The standard InChI is InChI=1S/C28H36N2O6S/c1-6-18(2)28(20-8-12-22(35-3)13-9-20,21-10-14-23(36-4)15-11-21)27(32)26(29)19-7-16-25(31)24(17-19)30-37(5,33)34/h7-18,26-27,30-32H,6,29H2,1-5H3. The van der Waals surface area contributed by atoms with E-state index in [0.717, 1.165) is 23.8 Å². The van der Waals surface area contributed by atoms with Crippen molar-refractivity contribution >= 4 is 15.7 Å². The van der Waals surface area contributed by atoms with Gasteiger partial charge in [-0.25, -0.2) is 8.42 Å². The van der Waals surface area contributed by atoms with Gasteiger partial charge in [0.1, 0.15) is 17.2 Å². The van der Waals surface area contributed by atoms with E-state index in [4.69, 9.17) is 15.2 Å². The van der Waals surface area contributed by atoms with Crippen LogP contribution in [0.15, 0.2) is 66.7 Å². The summed E-state index contributed by atoms with van der Waals surface area (Å²) >= 11 is 0. The zero-order chi connectivity index (χ0) is 27.4. The molecule has 5 N–H and O–H groups in total. The third kappa shape index (κ3) is 5.84. The molecule has 200 valence electrons. The second-order valence-corrected chi connectivity index (χ2v) is 11.0. The number of phenols is 1. The number of anilines is 1. The van der Waals surface area contributed by atoms with Crippen LogP contribution in [0.4, 0.5) is 5.69 Å². The Bertz CT molecular complexity index is 1250. The molecule has 0 spiro atoms. The molecule has 9 heteroatoms. The lowest BCUT2D eigenvalue weighted by Crippen LogP contribution is -2.51. The first-order valence-electron chi connectivity index (χ1n) is 12.0. The van der Waals surface area contributed by atoms with Gasteiger partial charge < -0.3 is 25.4 Å². The van der Waals surface area contributed by atoms with Crippen molar-refractivity contribution in [3.8, 4) is 17.2 Å². The van der Waals surface area contributed by atoms with Gasteiger partial charge in [0, 0.05) is 0 Å². The summed E-state index contributed by atoms with van der Waals surface area (Å²) in [5.41, 5.74) is 7.94. The molecule has 0 aliphatic rings. The van der Waals surface area contributed by atoms with Crippen molar-refractivity contribution in [3.05, 3.63) is 83.4 Å². The summed E-state index contributed by atoms with van der Waals surface area (Å²) in [5.74, 6) is 1.06. The minimum absolute atomic E-state index is 0.00863. The van der Waals surface area contributed by atoms with E-state index in [0.29, 0.717) is 17.1 Å². The average molecular weight is 529 g/mol. The molecule has 0 aliphatic carbocycles. The SMILES string of the molecule is CCC(C)C(c1ccc(OC)cc1)(c1ccc(OC)cc1)C(O)C(N)c1ccc(O)c(NS(C)(=O)=O)c1. The Morgan fingerprint density at radius 3 is 1.84 bits per heavy atom. The smallest absolute Gasteiger partial charge is 0.229 e. The Balaban J connectivity index is 2.23. The third-order valence-electron chi connectivity index (χ3n) is 7.03. The lowest BCUT2D eigenvalue weighted by molar-refractivity contribution is 0.0461. The molecule has 0 amide bonds. The number of nitrogens with one attached hydrogen (secondary N) is 1. The van der Waals surface area contributed by atoms with E-state index in [1.807, 2.05) is 48.5 Å². The van der Waals surface area contributed by atoms with Gasteiger partial charge in [-0.05, 0) is 59.0 Å². The Morgan fingerprint density at radius 1 is 0.946 bits per heavy atom. The van der Waals surface area contributed by atoms with E-state index in [1.54, 1.807) is 20.3 Å². The largest absolute Gasteiger partial charge is 0.506 e. The number of aliphatic hydroxyl groups is 1. The fourth-order valence-corrected chi connectivity index (χ4v) is 5.50. The highest BCUT2D eigenvalue weighted by Crippen LogP contribution is 2.48. The average Bonchev–Trinajstić information content (AvgIpc) is 2.89. The number of sulfonamides is 1. The predicted molar refractivity (Wildman–Crippen MR) is 146 cm³/mol. The highest BCUT2D eigenvalue weighted by atomic mass is 32.2. The van der Waals surface area contributed by atoms with Gasteiger partial charge in [0.05, 0.1) is 43.7 Å². The fraction of sp³-hybridized carbons (Fsp3) is 0.357. The summed E-state index contributed by atoms with van der Waals surface area (Å²) in [4.78, 5) is 0. The Morgan fingerprint density at radius 2 is 1.43 bits per heavy atom. The van der Waals surface area contributed by atoms with Gasteiger partial charge in [-0.1, -0.05) is 50.6 Å². The molecule has 0 bridgehead atoms. The number of methoxy groups -OCH3 is 2. The maximum atomic E-state index is 12.1. The van der Waals surface area contributed by atoms with E-state index in [1.165, 1.54) is 12.1 Å². The second-order valence-electron chi connectivity index (χ2n) is 9.26. The molecule has 8 nitrogen and oxygen atoms in total. The minimum atomic E-state index is -3.64.